The van der Waals surface area contributed by atoms with Crippen molar-refractivity contribution in [3.05, 3.63) is 0 Å². The predicted octanol–water partition coefficient (Wildman–Crippen LogP) is 1.82. The van der Waals surface area contributed by atoms with Gasteiger partial charge in [-0.25, -0.2) is 4.79 Å². The summed E-state index contributed by atoms with van der Waals surface area (Å²) in [6, 6.07) is 0.304. The van der Waals surface area contributed by atoms with E-state index in [2.05, 4.69) is 5.32 Å². The molecule has 1 amide bonds. The third kappa shape index (κ3) is 1.54. The molecule has 2 rings (SSSR count). The summed E-state index contributed by atoms with van der Waals surface area (Å²) in [4.78, 5) is 10.9. The standard InChI is InChI=1S/C9H15NO2/c11-9-10-7-5-3-1-2-4-6-8(7)12-9/h7-8H,1-6H2,(H,10,11)/t7-,8-/m0/s1. The zero-order chi connectivity index (χ0) is 8.39. The largest absolute Gasteiger partial charge is 0.444 e. The molecule has 1 N–H and O–H groups in total. The van der Waals surface area contributed by atoms with Crippen molar-refractivity contribution in [2.45, 2.75) is 50.7 Å². The first-order valence-corrected chi connectivity index (χ1v) is 4.83. The van der Waals surface area contributed by atoms with Crippen LogP contribution in [0.25, 0.3) is 0 Å². The molecule has 0 unspecified atom stereocenters. The zero-order valence-electron chi connectivity index (χ0n) is 7.21. The molecule has 0 spiro atoms. The van der Waals surface area contributed by atoms with Gasteiger partial charge in [0.15, 0.2) is 0 Å². The summed E-state index contributed by atoms with van der Waals surface area (Å²) >= 11 is 0. The average Bonchev–Trinajstić information content (AvgIpc) is 2.32. The Morgan fingerprint density at radius 1 is 1.17 bits per heavy atom. The van der Waals surface area contributed by atoms with E-state index in [4.69, 9.17) is 4.74 Å². The molecule has 0 bridgehead atoms. The molecule has 0 aromatic rings. The summed E-state index contributed by atoms with van der Waals surface area (Å²) in [6.07, 6.45) is 7.12. The Morgan fingerprint density at radius 2 is 1.92 bits per heavy atom. The molecular formula is C9H15NO2. The van der Waals surface area contributed by atoms with Crippen molar-refractivity contribution in [3.8, 4) is 0 Å². The van der Waals surface area contributed by atoms with Gasteiger partial charge in [0.1, 0.15) is 6.10 Å². The normalized spacial score (nSPS) is 35.8. The first-order valence-electron chi connectivity index (χ1n) is 4.83. The van der Waals surface area contributed by atoms with Gasteiger partial charge < -0.3 is 10.1 Å². The highest BCUT2D eigenvalue weighted by Crippen LogP contribution is 2.23. The van der Waals surface area contributed by atoms with Gasteiger partial charge in [-0.3, -0.25) is 0 Å². The molecule has 3 nitrogen and oxygen atoms in total. The van der Waals surface area contributed by atoms with Crippen LogP contribution in [0.4, 0.5) is 4.79 Å². The van der Waals surface area contributed by atoms with E-state index in [1.165, 1.54) is 25.7 Å². The van der Waals surface area contributed by atoms with Crippen molar-refractivity contribution >= 4 is 6.09 Å². The van der Waals surface area contributed by atoms with Crippen LogP contribution in [0.15, 0.2) is 0 Å². The van der Waals surface area contributed by atoms with Crippen molar-refractivity contribution in [1.82, 2.24) is 5.32 Å². The summed E-state index contributed by atoms with van der Waals surface area (Å²) in [5.74, 6) is 0. The molecule has 3 heteroatoms. The van der Waals surface area contributed by atoms with Crippen molar-refractivity contribution in [2.75, 3.05) is 0 Å². The second-order valence-electron chi connectivity index (χ2n) is 3.69. The number of fused-ring (bicyclic) bond motifs is 1. The Hall–Kier alpha value is -0.730. The van der Waals surface area contributed by atoms with Crippen molar-refractivity contribution in [2.24, 2.45) is 0 Å². The van der Waals surface area contributed by atoms with E-state index >= 15 is 0 Å². The minimum Gasteiger partial charge on any atom is -0.444 e. The highest BCUT2D eigenvalue weighted by Gasteiger charge is 2.33. The second kappa shape index (κ2) is 3.33. The Balaban J connectivity index is 1.96. The summed E-state index contributed by atoms with van der Waals surface area (Å²) < 4.78 is 5.15. The van der Waals surface area contributed by atoms with E-state index < -0.39 is 0 Å². The number of alkyl carbamates (subject to hydrolysis) is 1. The number of rotatable bonds is 0. The third-order valence-electron chi connectivity index (χ3n) is 2.76. The summed E-state index contributed by atoms with van der Waals surface area (Å²) in [5.41, 5.74) is 0. The Bertz CT molecular complexity index is 163. The first-order chi connectivity index (χ1) is 5.86. The van der Waals surface area contributed by atoms with Gasteiger partial charge in [0.05, 0.1) is 6.04 Å². The summed E-state index contributed by atoms with van der Waals surface area (Å²) in [7, 11) is 0. The van der Waals surface area contributed by atoms with Crippen LogP contribution in [0.1, 0.15) is 38.5 Å². The number of hydrogen-bond donors (Lipinski definition) is 1. The predicted molar refractivity (Wildman–Crippen MR) is 44.9 cm³/mol. The van der Waals surface area contributed by atoms with E-state index in [1.54, 1.807) is 0 Å². The second-order valence-corrected chi connectivity index (χ2v) is 3.69. The lowest BCUT2D eigenvalue weighted by Gasteiger charge is -2.19. The maximum Gasteiger partial charge on any atom is 0.407 e. The fourth-order valence-corrected chi connectivity index (χ4v) is 2.08. The van der Waals surface area contributed by atoms with Gasteiger partial charge in [0.2, 0.25) is 0 Å². The van der Waals surface area contributed by atoms with E-state index in [0.717, 1.165) is 12.8 Å². The number of carbonyl (C=O) groups excluding carboxylic acids is 1. The summed E-state index contributed by atoms with van der Waals surface area (Å²) in [5, 5.41) is 2.86. The van der Waals surface area contributed by atoms with Gasteiger partial charge in [0, 0.05) is 0 Å². The van der Waals surface area contributed by atoms with E-state index in [0.29, 0.717) is 6.04 Å². The molecular weight excluding hydrogens is 154 g/mol. The number of amides is 1. The molecule has 2 aliphatic rings. The van der Waals surface area contributed by atoms with Crippen LogP contribution in [-0.4, -0.2) is 18.2 Å². The third-order valence-corrected chi connectivity index (χ3v) is 2.76. The topological polar surface area (TPSA) is 38.3 Å². The van der Waals surface area contributed by atoms with Crippen LogP contribution >= 0.6 is 0 Å². The van der Waals surface area contributed by atoms with Crippen molar-refractivity contribution < 1.29 is 9.53 Å². The molecule has 1 saturated carbocycles. The van der Waals surface area contributed by atoms with E-state index in [1.807, 2.05) is 0 Å². The maximum atomic E-state index is 10.9. The molecule has 0 aromatic carbocycles. The lowest BCUT2D eigenvalue weighted by Crippen LogP contribution is -2.32. The number of ether oxygens (including phenoxy) is 1. The average molecular weight is 169 g/mol. The van der Waals surface area contributed by atoms with Crippen LogP contribution in [0, 0.1) is 0 Å². The number of hydrogen-bond acceptors (Lipinski definition) is 2. The minimum absolute atomic E-state index is 0.165. The lowest BCUT2D eigenvalue weighted by atomic mass is 9.95. The molecule has 2 fully saturated rings. The van der Waals surface area contributed by atoms with Gasteiger partial charge in [-0.1, -0.05) is 19.3 Å². The Kier molecular flexibility index (Phi) is 2.19. The van der Waals surface area contributed by atoms with Gasteiger partial charge in [0.25, 0.3) is 0 Å². The van der Waals surface area contributed by atoms with Crippen LogP contribution in [0.2, 0.25) is 0 Å². The quantitative estimate of drug-likeness (QED) is 0.600. The molecule has 1 aliphatic carbocycles. The molecule has 12 heavy (non-hydrogen) atoms. The van der Waals surface area contributed by atoms with Crippen molar-refractivity contribution in [3.63, 3.8) is 0 Å². The monoisotopic (exact) mass is 169 g/mol. The van der Waals surface area contributed by atoms with Crippen LogP contribution < -0.4 is 5.32 Å². The number of nitrogens with one attached hydrogen (secondary N) is 1. The smallest absolute Gasteiger partial charge is 0.407 e. The van der Waals surface area contributed by atoms with Gasteiger partial charge >= 0.3 is 6.09 Å². The minimum atomic E-state index is -0.216. The molecule has 2 atom stereocenters. The maximum absolute atomic E-state index is 10.9. The molecule has 68 valence electrons. The van der Waals surface area contributed by atoms with Crippen molar-refractivity contribution in [1.29, 1.82) is 0 Å². The Morgan fingerprint density at radius 3 is 2.75 bits per heavy atom. The molecule has 1 saturated heterocycles. The lowest BCUT2D eigenvalue weighted by molar-refractivity contribution is 0.120. The van der Waals surface area contributed by atoms with Crippen LogP contribution in [0.3, 0.4) is 0 Å². The number of carbonyl (C=O) groups is 1. The van der Waals surface area contributed by atoms with E-state index in [9.17, 15) is 4.79 Å². The molecule has 0 radical (unpaired) electrons. The van der Waals surface area contributed by atoms with E-state index in [-0.39, 0.29) is 12.2 Å². The first kappa shape index (κ1) is 7.90. The van der Waals surface area contributed by atoms with Crippen LogP contribution in [-0.2, 0) is 4.74 Å². The Labute approximate surface area is 72.5 Å². The zero-order valence-corrected chi connectivity index (χ0v) is 7.21. The van der Waals surface area contributed by atoms with Gasteiger partial charge in [-0.05, 0) is 19.3 Å². The summed E-state index contributed by atoms with van der Waals surface area (Å²) in [6.45, 7) is 0. The van der Waals surface area contributed by atoms with Gasteiger partial charge in [-0.2, -0.15) is 0 Å². The molecule has 1 heterocycles. The van der Waals surface area contributed by atoms with Crippen LogP contribution in [0.5, 0.6) is 0 Å². The molecule has 1 aliphatic heterocycles. The van der Waals surface area contributed by atoms with Gasteiger partial charge in [-0.15, -0.1) is 0 Å². The molecule has 0 aromatic heterocycles. The fraction of sp³-hybridized carbons (Fsp3) is 0.889. The highest BCUT2D eigenvalue weighted by molar-refractivity contribution is 5.70. The fourth-order valence-electron chi connectivity index (χ4n) is 2.08. The SMILES string of the molecule is O=C1N[C@H]2CCCCCC[C@@H]2O1. The highest BCUT2D eigenvalue weighted by atomic mass is 16.6.